The molecule has 1 atom stereocenters. The maximum absolute atomic E-state index is 13.4. The van der Waals surface area contributed by atoms with Crippen molar-refractivity contribution < 1.29 is 28.3 Å². The minimum Gasteiger partial charge on any atom is -0.497 e. The van der Waals surface area contributed by atoms with E-state index in [2.05, 4.69) is 5.16 Å². The Balaban J connectivity index is 1.64. The van der Waals surface area contributed by atoms with Crippen LogP contribution in [0.4, 0.5) is 0 Å². The molecule has 1 fully saturated rings. The van der Waals surface area contributed by atoms with E-state index in [9.17, 15) is 4.79 Å². The molecule has 8 heteroatoms. The molecule has 1 aliphatic rings. The smallest absolute Gasteiger partial charge is 0.276 e. The normalized spacial score (nSPS) is 15.5. The number of carbonyl (C=O) groups excluding carboxylic acids is 1. The molecular formula is C24H26N2O6. The maximum Gasteiger partial charge on any atom is 0.276 e. The van der Waals surface area contributed by atoms with Crippen LogP contribution in [-0.4, -0.2) is 50.9 Å². The van der Waals surface area contributed by atoms with Crippen molar-refractivity contribution in [1.29, 1.82) is 0 Å². The molecule has 2 heterocycles. The van der Waals surface area contributed by atoms with Gasteiger partial charge in [-0.25, -0.2) is 0 Å². The van der Waals surface area contributed by atoms with E-state index in [-0.39, 0.29) is 17.6 Å². The number of benzene rings is 2. The molecule has 1 aromatic heterocycles. The van der Waals surface area contributed by atoms with Crippen molar-refractivity contribution in [3.63, 3.8) is 0 Å². The van der Waals surface area contributed by atoms with Gasteiger partial charge in [-0.3, -0.25) is 4.79 Å². The Hall–Kier alpha value is -3.68. The van der Waals surface area contributed by atoms with Gasteiger partial charge in [0.1, 0.15) is 23.0 Å². The van der Waals surface area contributed by atoms with Crippen molar-refractivity contribution in [2.75, 3.05) is 35.0 Å². The third kappa shape index (κ3) is 3.95. The molecule has 1 amide bonds. The molecular weight excluding hydrogens is 412 g/mol. The average Bonchev–Trinajstić information content (AvgIpc) is 3.53. The van der Waals surface area contributed by atoms with Crippen LogP contribution in [0.25, 0.3) is 11.3 Å². The Morgan fingerprint density at radius 3 is 2.31 bits per heavy atom. The van der Waals surface area contributed by atoms with Gasteiger partial charge >= 0.3 is 0 Å². The number of amides is 1. The fourth-order valence-electron chi connectivity index (χ4n) is 4.09. The molecule has 2 aromatic carbocycles. The summed E-state index contributed by atoms with van der Waals surface area (Å²) in [4.78, 5) is 15.2. The van der Waals surface area contributed by atoms with Crippen LogP contribution in [0.15, 0.2) is 47.0 Å². The van der Waals surface area contributed by atoms with E-state index < -0.39 is 0 Å². The van der Waals surface area contributed by atoms with E-state index in [1.807, 2.05) is 23.1 Å². The van der Waals surface area contributed by atoms with E-state index in [1.165, 1.54) is 0 Å². The molecule has 0 spiro atoms. The predicted molar refractivity (Wildman–Crippen MR) is 118 cm³/mol. The molecule has 1 unspecified atom stereocenters. The molecule has 32 heavy (non-hydrogen) atoms. The summed E-state index contributed by atoms with van der Waals surface area (Å²) in [6.45, 7) is 0.620. The second-order valence-electron chi connectivity index (χ2n) is 7.41. The molecule has 3 aromatic rings. The van der Waals surface area contributed by atoms with Crippen molar-refractivity contribution in [3.8, 4) is 34.3 Å². The van der Waals surface area contributed by atoms with Crippen LogP contribution in [0.3, 0.4) is 0 Å². The second-order valence-corrected chi connectivity index (χ2v) is 7.41. The molecule has 4 rings (SSSR count). The molecule has 0 aliphatic carbocycles. The Kier molecular flexibility index (Phi) is 6.20. The first-order valence-electron chi connectivity index (χ1n) is 10.3. The number of aromatic nitrogens is 1. The van der Waals surface area contributed by atoms with Crippen LogP contribution in [0.5, 0.6) is 23.0 Å². The fourth-order valence-corrected chi connectivity index (χ4v) is 4.09. The van der Waals surface area contributed by atoms with Gasteiger partial charge in [-0.05, 0) is 49.2 Å². The Morgan fingerprint density at radius 2 is 1.62 bits per heavy atom. The highest BCUT2D eigenvalue weighted by atomic mass is 16.5. The number of likely N-dealkylation sites (tertiary alicyclic amines) is 1. The average molecular weight is 438 g/mol. The molecule has 8 nitrogen and oxygen atoms in total. The quantitative estimate of drug-likeness (QED) is 0.542. The highest BCUT2D eigenvalue weighted by molar-refractivity contribution is 5.94. The van der Waals surface area contributed by atoms with Crippen molar-refractivity contribution in [2.24, 2.45) is 0 Å². The second kappa shape index (κ2) is 9.21. The topological polar surface area (TPSA) is 83.3 Å². The summed E-state index contributed by atoms with van der Waals surface area (Å²) < 4.78 is 27.2. The highest BCUT2D eigenvalue weighted by Crippen LogP contribution is 2.40. The number of hydrogen-bond acceptors (Lipinski definition) is 7. The van der Waals surface area contributed by atoms with Gasteiger partial charge < -0.3 is 28.4 Å². The SMILES string of the molecule is COc1ccc(OC)c(-c2cc(C(=O)N3CCCC3c3cc(OC)ccc3OC)no2)c1. The Bertz CT molecular complexity index is 1110. The van der Waals surface area contributed by atoms with E-state index in [0.717, 1.165) is 24.2 Å². The lowest BCUT2D eigenvalue weighted by Gasteiger charge is -2.26. The molecule has 0 N–H and O–H groups in total. The first-order chi connectivity index (χ1) is 15.6. The molecule has 0 bridgehead atoms. The first-order valence-corrected chi connectivity index (χ1v) is 10.3. The summed E-state index contributed by atoms with van der Waals surface area (Å²) in [6, 6.07) is 12.5. The van der Waals surface area contributed by atoms with E-state index in [1.54, 1.807) is 52.7 Å². The van der Waals surface area contributed by atoms with Crippen LogP contribution in [-0.2, 0) is 0 Å². The van der Waals surface area contributed by atoms with E-state index in [4.69, 9.17) is 23.5 Å². The molecule has 1 saturated heterocycles. The lowest BCUT2D eigenvalue weighted by molar-refractivity contribution is 0.0723. The maximum atomic E-state index is 13.4. The van der Waals surface area contributed by atoms with Crippen LogP contribution >= 0.6 is 0 Å². The van der Waals surface area contributed by atoms with Gasteiger partial charge in [0.15, 0.2) is 11.5 Å². The van der Waals surface area contributed by atoms with Gasteiger partial charge in [-0.1, -0.05) is 5.16 Å². The molecule has 1 aliphatic heterocycles. The number of hydrogen-bond donors (Lipinski definition) is 0. The predicted octanol–water partition coefficient (Wildman–Crippen LogP) is 4.35. The minimum atomic E-state index is -0.200. The van der Waals surface area contributed by atoms with Crippen LogP contribution in [0, 0.1) is 0 Å². The number of nitrogens with zero attached hydrogens (tertiary/aromatic N) is 2. The number of carbonyl (C=O) groups is 1. The van der Waals surface area contributed by atoms with Crippen molar-refractivity contribution in [3.05, 3.63) is 53.7 Å². The molecule has 168 valence electrons. The first kappa shape index (κ1) is 21.5. The summed E-state index contributed by atoms with van der Waals surface area (Å²) in [5, 5.41) is 4.05. The largest absolute Gasteiger partial charge is 0.497 e. The monoisotopic (exact) mass is 438 g/mol. The lowest BCUT2D eigenvalue weighted by atomic mass is 10.0. The van der Waals surface area contributed by atoms with Gasteiger partial charge in [0, 0.05) is 18.2 Å². The third-order valence-electron chi connectivity index (χ3n) is 5.71. The summed E-state index contributed by atoms with van der Waals surface area (Å²) in [7, 11) is 6.40. The molecule has 0 radical (unpaired) electrons. The summed E-state index contributed by atoms with van der Waals surface area (Å²) in [6.07, 6.45) is 1.70. The molecule has 0 saturated carbocycles. The Morgan fingerprint density at radius 1 is 0.938 bits per heavy atom. The minimum absolute atomic E-state index is 0.140. The van der Waals surface area contributed by atoms with Crippen molar-refractivity contribution in [1.82, 2.24) is 10.1 Å². The summed E-state index contributed by atoms with van der Waals surface area (Å²) in [5.41, 5.74) is 1.81. The van der Waals surface area contributed by atoms with Gasteiger partial charge in [-0.15, -0.1) is 0 Å². The summed E-state index contributed by atoms with van der Waals surface area (Å²) in [5.74, 6) is 2.91. The van der Waals surface area contributed by atoms with Crippen LogP contribution in [0.1, 0.15) is 34.9 Å². The van der Waals surface area contributed by atoms with Gasteiger partial charge in [0.05, 0.1) is 40.0 Å². The zero-order valence-corrected chi connectivity index (χ0v) is 18.6. The Labute approximate surface area is 186 Å². The standard InChI is InChI=1S/C24H26N2O6/c1-28-15-7-9-21(30-3)17(12-15)20-6-5-11-26(20)24(27)19-14-23(32-25-19)18-13-16(29-2)8-10-22(18)31-4/h7-10,12-14,20H,5-6,11H2,1-4H3. The lowest BCUT2D eigenvalue weighted by Crippen LogP contribution is -2.31. The third-order valence-corrected chi connectivity index (χ3v) is 5.71. The van der Waals surface area contributed by atoms with Crippen LogP contribution < -0.4 is 18.9 Å². The van der Waals surface area contributed by atoms with Crippen LogP contribution in [0.2, 0.25) is 0 Å². The fraction of sp³-hybridized carbons (Fsp3) is 0.333. The van der Waals surface area contributed by atoms with Gasteiger partial charge in [0.2, 0.25) is 0 Å². The number of ether oxygens (including phenoxy) is 4. The number of methoxy groups -OCH3 is 4. The van der Waals surface area contributed by atoms with Crippen molar-refractivity contribution in [2.45, 2.75) is 18.9 Å². The van der Waals surface area contributed by atoms with Gasteiger partial charge in [-0.2, -0.15) is 0 Å². The van der Waals surface area contributed by atoms with E-state index in [0.29, 0.717) is 35.1 Å². The van der Waals surface area contributed by atoms with E-state index >= 15 is 0 Å². The summed E-state index contributed by atoms with van der Waals surface area (Å²) >= 11 is 0. The zero-order valence-electron chi connectivity index (χ0n) is 18.6. The van der Waals surface area contributed by atoms with Crippen molar-refractivity contribution >= 4 is 5.91 Å². The number of rotatable bonds is 7. The highest BCUT2D eigenvalue weighted by Gasteiger charge is 2.34. The zero-order chi connectivity index (χ0) is 22.7. The van der Waals surface area contributed by atoms with Gasteiger partial charge in [0.25, 0.3) is 5.91 Å².